The van der Waals surface area contributed by atoms with Gasteiger partial charge < -0.3 is 9.26 Å². The molecule has 0 aliphatic carbocycles. The van der Waals surface area contributed by atoms with E-state index in [4.69, 9.17) is 9.26 Å². The summed E-state index contributed by atoms with van der Waals surface area (Å²) in [7, 11) is 0. The molecule has 5 heteroatoms. The smallest absolute Gasteiger partial charge is 0.234 e. The molecule has 0 saturated carbocycles. The third-order valence-electron chi connectivity index (χ3n) is 2.41. The van der Waals surface area contributed by atoms with Crippen molar-refractivity contribution in [2.45, 2.75) is 26.2 Å². The van der Waals surface area contributed by atoms with E-state index in [1.54, 1.807) is 0 Å². The maximum Gasteiger partial charge on any atom is 0.234 e. The van der Waals surface area contributed by atoms with Crippen LogP contribution in [0, 0.1) is 5.92 Å². The number of hydrogen-bond acceptors (Lipinski definition) is 5. The van der Waals surface area contributed by atoms with E-state index in [0.29, 0.717) is 17.6 Å². The van der Waals surface area contributed by atoms with Gasteiger partial charge in [-0.15, -0.1) is 0 Å². The van der Waals surface area contributed by atoms with Crippen LogP contribution in [0.2, 0.25) is 0 Å². The van der Waals surface area contributed by atoms with Crippen LogP contribution in [-0.4, -0.2) is 29.1 Å². The number of carbonyl (C=O) groups is 1. The van der Waals surface area contributed by atoms with Gasteiger partial charge in [0.25, 0.3) is 0 Å². The number of carbonyl (C=O) groups excluding carboxylic acids is 1. The Morgan fingerprint density at radius 3 is 3.13 bits per heavy atom. The van der Waals surface area contributed by atoms with Gasteiger partial charge in [-0.3, -0.25) is 4.79 Å². The Balaban J connectivity index is 1.91. The van der Waals surface area contributed by atoms with Crippen LogP contribution in [0.3, 0.4) is 0 Å². The summed E-state index contributed by atoms with van der Waals surface area (Å²) in [6.07, 6.45) is 2.06. The van der Waals surface area contributed by atoms with E-state index in [0.717, 1.165) is 26.1 Å². The molecule has 1 aliphatic heterocycles. The van der Waals surface area contributed by atoms with Crippen LogP contribution in [0.25, 0.3) is 0 Å². The Labute approximate surface area is 87.8 Å². The average Bonchev–Trinajstić information content (AvgIpc) is 2.77. The lowest BCUT2D eigenvalue weighted by molar-refractivity contribution is -0.116. The minimum atomic E-state index is 0.0365. The molecule has 0 spiro atoms. The van der Waals surface area contributed by atoms with E-state index in [1.165, 1.54) is 6.92 Å². The van der Waals surface area contributed by atoms with Crippen LogP contribution in [0.5, 0.6) is 0 Å². The third-order valence-corrected chi connectivity index (χ3v) is 2.41. The molecule has 2 heterocycles. The molecule has 0 aromatic carbocycles. The molecular weight excluding hydrogens is 196 g/mol. The number of Topliss-reactive ketones (excluding diaryl/α,β-unsaturated/α-hetero) is 1. The Hall–Kier alpha value is -1.23. The molecule has 1 saturated heterocycles. The van der Waals surface area contributed by atoms with E-state index in [2.05, 4.69) is 10.1 Å². The van der Waals surface area contributed by atoms with E-state index >= 15 is 0 Å². The number of hydrogen-bond donors (Lipinski definition) is 0. The second-order valence-corrected chi connectivity index (χ2v) is 3.92. The number of aromatic nitrogens is 2. The van der Waals surface area contributed by atoms with Crippen LogP contribution in [0.15, 0.2) is 4.52 Å². The Morgan fingerprint density at radius 1 is 1.60 bits per heavy atom. The average molecular weight is 210 g/mol. The van der Waals surface area contributed by atoms with Gasteiger partial charge in [-0.05, 0) is 19.3 Å². The number of ether oxygens (including phenoxy) is 1. The van der Waals surface area contributed by atoms with E-state index < -0.39 is 0 Å². The zero-order valence-electron chi connectivity index (χ0n) is 8.73. The summed E-state index contributed by atoms with van der Waals surface area (Å²) in [6.45, 7) is 3.11. The van der Waals surface area contributed by atoms with E-state index in [-0.39, 0.29) is 12.2 Å². The van der Waals surface area contributed by atoms with Gasteiger partial charge in [0.1, 0.15) is 5.78 Å². The van der Waals surface area contributed by atoms with Gasteiger partial charge in [0.15, 0.2) is 5.82 Å². The molecule has 0 amide bonds. The largest absolute Gasteiger partial charge is 0.381 e. The minimum Gasteiger partial charge on any atom is -0.381 e. The second kappa shape index (κ2) is 4.53. The summed E-state index contributed by atoms with van der Waals surface area (Å²) in [6, 6.07) is 0. The van der Waals surface area contributed by atoms with Gasteiger partial charge in [-0.1, -0.05) is 5.16 Å². The van der Waals surface area contributed by atoms with Gasteiger partial charge in [-0.25, -0.2) is 0 Å². The minimum absolute atomic E-state index is 0.0365. The quantitative estimate of drug-likeness (QED) is 0.734. The summed E-state index contributed by atoms with van der Waals surface area (Å²) >= 11 is 0. The van der Waals surface area contributed by atoms with Crippen LogP contribution in [0.1, 0.15) is 25.1 Å². The Bertz CT molecular complexity index is 342. The molecule has 0 N–H and O–H groups in total. The molecular formula is C10H14N2O3. The zero-order chi connectivity index (χ0) is 10.7. The fourth-order valence-electron chi connectivity index (χ4n) is 1.66. The summed E-state index contributed by atoms with van der Waals surface area (Å²) in [4.78, 5) is 15.0. The first-order valence-electron chi connectivity index (χ1n) is 5.12. The van der Waals surface area contributed by atoms with Crippen LogP contribution in [0.4, 0.5) is 0 Å². The summed E-state index contributed by atoms with van der Waals surface area (Å²) in [5.74, 6) is 1.63. The second-order valence-electron chi connectivity index (χ2n) is 3.92. The van der Waals surface area contributed by atoms with Crippen molar-refractivity contribution >= 4 is 5.78 Å². The number of ketones is 1. The lowest BCUT2D eigenvalue weighted by Gasteiger charge is -2.00. The van der Waals surface area contributed by atoms with E-state index in [1.807, 2.05) is 0 Å². The standard InChI is InChI=1S/C10H14N2O3/c1-7(13)4-10-11-9(12-15-10)5-8-2-3-14-6-8/h8H,2-6H2,1H3. The van der Waals surface area contributed by atoms with Crippen molar-refractivity contribution in [3.05, 3.63) is 11.7 Å². The van der Waals surface area contributed by atoms with E-state index in [9.17, 15) is 4.79 Å². The highest BCUT2D eigenvalue weighted by atomic mass is 16.5. The summed E-state index contributed by atoms with van der Waals surface area (Å²) in [5.41, 5.74) is 0. The van der Waals surface area contributed by atoms with Crippen LogP contribution in [-0.2, 0) is 22.4 Å². The van der Waals surface area contributed by atoms with Crippen LogP contribution < -0.4 is 0 Å². The first kappa shape index (κ1) is 10.3. The Morgan fingerprint density at radius 2 is 2.47 bits per heavy atom. The highest BCUT2D eigenvalue weighted by Crippen LogP contribution is 2.16. The van der Waals surface area contributed by atoms with Crippen molar-refractivity contribution in [2.24, 2.45) is 5.92 Å². The lowest BCUT2D eigenvalue weighted by atomic mass is 10.1. The monoisotopic (exact) mass is 210 g/mol. The highest BCUT2D eigenvalue weighted by Gasteiger charge is 2.19. The van der Waals surface area contributed by atoms with Crippen molar-refractivity contribution in [1.29, 1.82) is 0 Å². The van der Waals surface area contributed by atoms with Gasteiger partial charge in [0.05, 0.1) is 6.42 Å². The normalized spacial score (nSPS) is 20.7. The maximum atomic E-state index is 10.8. The molecule has 1 aliphatic rings. The van der Waals surface area contributed by atoms with Crippen molar-refractivity contribution in [3.63, 3.8) is 0 Å². The molecule has 1 atom stereocenters. The molecule has 5 nitrogen and oxygen atoms in total. The molecule has 82 valence electrons. The fraction of sp³-hybridized carbons (Fsp3) is 0.700. The van der Waals surface area contributed by atoms with Gasteiger partial charge in [0, 0.05) is 19.6 Å². The first-order chi connectivity index (χ1) is 7.24. The molecule has 1 unspecified atom stereocenters. The number of rotatable bonds is 4. The van der Waals surface area contributed by atoms with Crippen LogP contribution >= 0.6 is 0 Å². The predicted octanol–water partition coefficient (Wildman–Crippen LogP) is 0.780. The molecule has 2 rings (SSSR count). The molecule has 15 heavy (non-hydrogen) atoms. The van der Waals surface area contributed by atoms with Crippen molar-refractivity contribution in [3.8, 4) is 0 Å². The molecule has 0 bridgehead atoms. The van der Waals surface area contributed by atoms with Gasteiger partial charge in [-0.2, -0.15) is 4.98 Å². The van der Waals surface area contributed by atoms with Crippen molar-refractivity contribution in [2.75, 3.05) is 13.2 Å². The SMILES string of the molecule is CC(=O)Cc1nc(CC2CCOC2)no1. The van der Waals surface area contributed by atoms with Gasteiger partial charge >= 0.3 is 0 Å². The van der Waals surface area contributed by atoms with Crippen molar-refractivity contribution in [1.82, 2.24) is 10.1 Å². The number of nitrogens with zero attached hydrogens (tertiary/aromatic N) is 2. The third kappa shape index (κ3) is 2.86. The van der Waals surface area contributed by atoms with Crippen molar-refractivity contribution < 1.29 is 14.1 Å². The predicted molar refractivity (Wildman–Crippen MR) is 51.3 cm³/mol. The highest BCUT2D eigenvalue weighted by molar-refractivity contribution is 5.77. The lowest BCUT2D eigenvalue weighted by Crippen LogP contribution is -2.05. The topological polar surface area (TPSA) is 65.2 Å². The molecule has 1 aromatic heterocycles. The maximum absolute atomic E-state index is 10.8. The summed E-state index contributed by atoms with van der Waals surface area (Å²) < 4.78 is 10.2. The molecule has 1 fully saturated rings. The Kier molecular flexibility index (Phi) is 3.11. The molecule has 0 radical (unpaired) electrons. The van der Waals surface area contributed by atoms with Gasteiger partial charge in [0.2, 0.25) is 5.89 Å². The zero-order valence-corrected chi connectivity index (χ0v) is 8.73. The first-order valence-corrected chi connectivity index (χ1v) is 5.12. The summed E-state index contributed by atoms with van der Waals surface area (Å²) in [5, 5.41) is 3.84. The molecule has 1 aromatic rings. The fourth-order valence-corrected chi connectivity index (χ4v) is 1.66.